The van der Waals surface area contributed by atoms with Gasteiger partial charge in [0.05, 0.1) is 7.11 Å². The fourth-order valence-electron chi connectivity index (χ4n) is 0.802. The molecule has 0 aliphatic heterocycles. The van der Waals surface area contributed by atoms with Crippen LogP contribution in [0, 0.1) is 0 Å². The van der Waals surface area contributed by atoms with Gasteiger partial charge in [0, 0.05) is 5.69 Å². The van der Waals surface area contributed by atoms with E-state index in [-0.39, 0.29) is 12.5 Å². The molecule has 42 heavy (non-hydrogen) atoms. The number of para-hydroxylation sites is 1. The first-order valence-corrected chi connectivity index (χ1v) is 17.2. The van der Waals surface area contributed by atoms with E-state index in [1.807, 2.05) is 30.3 Å². The molecule has 0 atom stereocenters. The van der Waals surface area contributed by atoms with Crippen LogP contribution in [-0.4, -0.2) is 78.3 Å². The lowest BCUT2D eigenvalue weighted by molar-refractivity contribution is -0.138. The number of hydrogen-bond acceptors (Lipinski definition) is 9. The summed E-state index contributed by atoms with van der Waals surface area (Å²) in [7, 11) is -29.5. The van der Waals surface area contributed by atoms with Crippen molar-refractivity contribution in [2.45, 2.75) is 0 Å². The molecule has 0 saturated carbocycles. The van der Waals surface area contributed by atoms with Crippen molar-refractivity contribution in [1.29, 1.82) is 0 Å². The Bertz CT molecular complexity index is 904. The summed E-state index contributed by atoms with van der Waals surface area (Å²) in [5.41, 5.74) is 0.919. The molecule has 1 aromatic rings. The summed E-state index contributed by atoms with van der Waals surface area (Å²) in [6.07, 6.45) is 0. The average Bonchev–Trinajstić information content (AvgIpc) is 2.58. The van der Waals surface area contributed by atoms with Crippen LogP contribution in [-0.2, 0) is 36.9 Å². The predicted molar refractivity (Wildman–Crippen MR) is 126 cm³/mol. The van der Waals surface area contributed by atoms with Gasteiger partial charge in [-0.2, -0.15) is 0 Å². The van der Waals surface area contributed by atoms with Crippen molar-refractivity contribution in [2.75, 3.05) is 19.0 Å². The Labute approximate surface area is 229 Å². The number of ether oxygens (including phenoxy) is 1. The van der Waals surface area contributed by atoms with Crippen molar-refractivity contribution < 1.29 is 121 Å². The second-order valence-corrected chi connectivity index (χ2v) is 10.8. The van der Waals surface area contributed by atoms with Crippen LogP contribution in [0.25, 0.3) is 0 Å². The molecule has 0 aromatic heterocycles. The molecule has 0 amide bonds. The maximum atomic E-state index is 10.7. The van der Waals surface area contributed by atoms with Crippen molar-refractivity contribution in [1.82, 2.24) is 0 Å². The molecule has 13 N–H and O–H groups in total. The topological polar surface area (TPSA) is 384 Å². The monoisotopic (exact) mass is 765 g/mol. The fourth-order valence-corrected chi connectivity index (χ4v) is 0.802. The highest BCUT2D eigenvalue weighted by atomic mass is 31.2. The van der Waals surface area contributed by atoms with Gasteiger partial charge >= 0.3 is 53.4 Å². The quantitative estimate of drug-likeness (QED) is 0.118. The van der Waals surface area contributed by atoms with Crippen LogP contribution in [0.2, 0.25) is 0 Å². The Kier molecular flexibility index (Phi) is 32.3. The highest BCUT2D eigenvalue weighted by Crippen LogP contribution is 2.37. The van der Waals surface area contributed by atoms with Gasteiger partial charge in [0.1, 0.15) is 6.54 Å². The van der Waals surface area contributed by atoms with Crippen LogP contribution < -0.4 is 5.32 Å². The van der Waals surface area contributed by atoms with Crippen LogP contribution in [0.3, 0.4) is 0 Å². The number of methoxy groups -OCH3 is 1. The molecule has 0 radical (unpaired) electrons. The summed E-state index contributed by atoms with van der Waals surface area (Å²) in [5.74, 6) is -0.265. The van der Waals surface area contributed by atoms with E-state index in [9.17, 15) is 30.0 Å². The van der Waals surface area contributed by atoms with E-state index in [0.29, 0.717) is 0 Å². The number of esters is 1. The molecule has 256 valence electrons. The second-order valence-electron chi connectivity index (χ2n) is 5.13. The molecular formula is C9H23F6NO20P6. The van der Waals surface area contributed by atoms with E-state index in [1.54, 1.807) is 0 Å². The molecule has 0 bridgehead atoms. The van der Waals surface area contributed by atoms with Crippen LogP contribution in [0.5, 0.6) is 0 Å². The Morgan fingerprint density at radius 3 is 0.929 bits per heavy atom. The minimum absolute atomic E-state index is 0.209. The molecule has 0 heterocycles. The Hall–Kier alpha value is -1.03. The van der Waals surface area contributed by atoms with Gasteiger partial charge < -0.3 is 10.1 Å². The van der Waals surface area contributed by atoms with Gasteiger partial charge in [-0.1, -0.05) is 18.2 Å². The minimum Gasteiger partial charge on any atom is -0.468 e. The standard InChI is InChI=1S/C9H11NO2.6FH2O3P/c1-12-9(11)7-10-8-5-3-2-4-6-8;6*1-5(2,3)4/h2-6,10H,7H2,1H3;6*(H2,2,3,4). The van der Waals surface area contributed by atoms with Crippen LogP contribution in [0.15, 0.2) is 30.3 Å². The second kappa shape index (κ2) is 25.3. The van der Waals surface area contributed by atoms with Crippen molar-refractivity contribution in [3.8, 4) is 0 Å². The number of halogens is 6. The number of nitrogens with one attached hydrogen (secondary N) is 1. The Morgan fingerprint density at radius 1 is 0.571 bits per heavy atom. The zero-order valence-corrected chi connectivity index (χ0v) is 25.0. The Morgan fingerprint density at radius 2 is 0.762 bits per heavy atom. The molecule has 0 spiro atoms. The number of carbonyl (C=O) groups excluding carboxylic acids is 1. The number of benzene rings is 1. The summed E-state index contributed by atoms with van der Waals surface area (Å²) >= 11 is 0. The molecule has 0 unspecified atom stereocenters. The van der Waals surface area contributed by atoms with Gasteiger partial charge in [0.25, 0.3) is 0 Å². The molecule has 0 aliphatic rings. The van der Waals surface area contributed by atoms with Gasteiger partial charge in [-0.05, 0) is 12.1 Å². The number of carbonyl (C=O) groups is 1. The third-order valence-electron chi connectivity index (χ3n) is 1.44. The first kappa shape index (κ1) is 53.5. The zero-order valence-electron chi connectivity index (χ0n) is 19.7. The third kappa shape index (κ3) is 288. The van der Waals surface area contributed by atoms with Crippen LogP contribution in [0.4, 0.5) is 30.9 Å². The van der Waals surface area contributed by atoms with E-state index in [0.717, 1.165) is 5.69 Å². The maximum absolute atomic E-state index is 10.7. The van der Waals surface area contributed by atoms with E-state index in [4.69, 9.17) is 86.1 Å². The van der Waals surface area contributed by atoms with Crippen molar-refractivity contribution in [3.05, 3.63) is 30.3 Å². The molecule has 0 fully saturated rings. The molecule has 0 aliphatic carbocycles. The van der Waals surface area contributed by atoms with E-state index < -0.39 is 47.4 Å². The highest BCUT2D eigenvalue weighted by molar-refractivity contribution is 7.46. The van der Waals surface area contributed by atoms with Gasteiger partial charge in [-0.25, -0.2) is 27.4 Å². The van der Waals surface area contributed by atoms with Gasteiger partial charge in [-0.3, -0.25) is 63.5 Å². The maximum Gasteiger partial charge on any atom is 0.507 e. The van der Waals surface area contributed by atoms with E-state index in [1.165, 1.54) is 7.11 Å². The number of anilines is 1. The van der Waals surface area contributed by atoms with Crippen molar-refractivity contribution >= 4 is 59.1 Å². The van der Waals surface area contributed by atoms with E-state index >= 15 is 0 Å². The zero-order chi connectivity index (χ0) is 35.8. The van der Waals surface area contributed by atoms with Crippen molar-refractivity contribution in [2.24, 2.45) is 0 Å². The lowest BCUT2D eigenvalue weighted by Gasteiger charge is -2.03. The predicted octanol–water partition coefficient (Wildman–Crippen LogP) is 1.56. The molecule has 1 aromatic carbocycles. The third-order valence-corrected chi connectivity index (χ3v) is 1.44. The SMILES string of the molecule is COC(=O)CNc1ccccc1.O=P(O)(O)F.O=P(O)(O)F.O=P(O)(O)F.O=P(O)(O)F.O=P(O)(O)F.O=P(O)(O)F. The first-order chi connectivity index (χ1) is 17.8. The molecule has 0 saturated heterocycles. The summed E-state index contributed by atoms with van der Waals surface area (Å²) < 4.78 is 119. The number of hydrogen-bond donors (Lipinski definition) is 13. The first-order valence-electron chi connectivity index (χ1n) is 8.19. The van der Waals surface area contributed by atoms with Crippen molar-refractivity contribution in [3.63, 3.8) is 0 Å². The summed E-state index contributed by atoms with van der Waals surface area (Å²) in [6, 6.07) is 9.51. The highest BCUT2D eigenvalue weighted by Gasteiger charge is 2.07. The average molecular weight is 765 g/mol. The van der Waals surface area contributed by atoms with Gasteiger partial charge in [0.15, 0.2) is 0 Å². The molecule has 33 heteroatoms. The Balaban J connectivity index is -0.0000000944. The summed E-state index contributed by atoms with van der Waals surface area (Å²) in [5, 5.41) is 2.92. The fraction of sp³-hybridized carbons (Fsp3) is 0.222. The molecule has 21 nitrogen and oxygen atoms in total. The van der Waals surface area contributed by atoms with Gasteiger partial charge in [-0.15, -0.1) is 25.2 Å². The van der Waals surface area contributed by atoms with E-state index in [2.05, 4.69) is 10.1 Å². The summed E-state index contributed by atoms with van der Waals surface area (Å²) in [4.78, 5) is 94.3. The molecule has 1 rings (SSSR count). The van der Waals surface area contributed by atoms with Crippen LogP contribution in [0.1, 0.15) is 0 Å². The normalized spacial score (nSPS) is 11.0. The minimum atomic E-state index is -5.14. The molecular weight excluding hydrogens is 742 g/mol. The lowest BCUT2D eigenvalue weighted by Crippen LogP contribution is -2.14. The number of rotatable bonds is 3. The van der Waals surface area contributed by atoms with Gasteiger partial charge in [0.2, 0.25) is 0 Å². The largest absolute Gasteiger partial charge is 0.507 e. The smallest absolute Gasteiger partial charge is 0.468 e. The van der Waals surface area contributed by atoms with Crippen LogP contribution >= 0.6 is 47.4 Å². The lowest BCUT2D eigenvalue weighted by atomic mass is 10.3. The summed E-state index contributed by atoms with van der Waals surface area (Å²) in [6.45, 7) is 0.209.